The number of nitrogens with zero attached hydrogens (tertiary/aromatic N) is 5. The van der Waals surface area contributed by atoms with Gasteiger partial charge in [0.05, 0.1) is 19.3 Å². The second-order valence-corrected chi connectivity index (χ2v) is 6.94. The fourth-order valence-electron chi connectivity index (χ4n) is 3.54. The minimum atomic E-state index is -0.221. The van der Waals surface area contributed by atoms with Crippen LogP contribution in [0.5, 0.6) is 5.75 Å². The zero-order valence-electron chi connectivity index (χ0n) is 16.2. The van der Waals surface area contributed by atoms with Crippen LogP contribution in [0.15, 0.2) is 30.3 Å². The van der Waals surface area contributed by atoms with Gasteiger partial charge in [0, 0.05) is 25.6 Å². The van der Waals surface area contributed by atoms with Crippen molar-refractivity contribution in [3.8, 4) is 17.0 Å². The summed E-state index contributed by atoms with van der Waals surface area (Å²) in [4.78, 5) is 12.6. The summed E-state index contributed by atoms with van der Waals surface area (Å²) >= 11 is 0. The van der Waals surface area contributed by atoms with Crippen LogP contribution in [0.3, 0.4) is 0 Å². The zero-order valence-corrected chi connectivity index (χ0v) is 16.2. The Kier molecular flexibility index (Phi) is 5.10. The lowest BCUT2D eigenvalue weighted by atomic mass is 10.1. The number of aromatic nitrogens is 5. The van der Waals surface area contributed by atoms with Crippen molar-refractivity contribution in [2.24, 2.45) is 7.05 Å². The number of benzene rings is 1. The molecular formula is C20H24N6O2. The predicted octanol–water partition coefficient (Wildman–Crippen LogP) is 2.34. The van der Waals surface area contributed by atoms with Crippen LogP contribution in [0.1, 0.15) is 41.4 Å². The van der Waals surface area contributed by atoms with Gasteiger partial charge in [-0.1, -0.05) is 6.42 Å². The van der Waals surface area contributed by atoms with E-state index in [0.717, 1.165) is 54.5 Å². The summed E-state index contributed by atoms with van der Waals surface area (Å²) in [7, 11) is 3.46. The number of hydrogen-bond donors (Lipinski definition) is 1. The quantitative estimate of drug-likeness (QED) is 0.734. The number of carbonyl (C=O) groups is 1. The van der Waals surface area contributed by atoms with Crippen LogP contribution in [0.2, 0.25) is 0 Å². The van der Waals surface area contributed by atoms with Crippen molar-refractivity contribution in [1.82, 2.24) is 29.9 Å². The predicted molar refractivity (Wildman–Crippen MR) is 104 cm³/mol. The van der Waals surface area contributed by atoms with E-state index >= 15 is 0 Å². The van der Waals surface area contributed by atoms with Crippen molar-refractivity contribution < 1.29 is 9.53 Å². The molecule has 1 N–H and O–H groups in total. The molecular weight excluding hydrogens is 356 g/mol. The third kappa shape index (κ3) is 3.62. The number of ether oxygens (including phenoxy) is 1. The lowest BCUT2D eigenvalue weighted by molar-refractivity contribution is 0.0943. The van der Waals surface area contributed by atoms with Crippen molar-refractivity contribution >= 4 is 5.91 Å². The summed E-state index contributed by atoms with van der Waals surface area (Å²) in [6.45, 7) is 1.26. The van der Waals surface area contributed by atoms with Gasteiger partial charge < -0.3 is 14.6 Å². The molecule has 8 nitrogen and oxygen atoms in total. The van der Waals surface area contributed by atoms with E-state index in [0.29, 0.717) is 12.2 Å². The summed E-state index contributed by atoms with van der Waals surface area (Å²) in [5.74, 6) is 2.38. The van der Waals surface area contributed by atoms with Crippen molar-refractivity contribution in [2.45, 2.75) is 38.8 Å². The van der Waals surface area contributed by atoms with Gasteiger partial charge in [-0.25, -0.2) is 0 Å². The van der Waals surface area contributed by atoms with Crippen LogP contribution in [-0.2, 0) is 26.6 Å². The maximum absolute atomic E-state index is 12.6. The Hall–Kier alpha value is -3.16. The first-order chi connectivity index (χ1) is 13.7. The molecule has 146 valence electrons. The topological polar surface area (TPSA) is 86.9 Å². The normalized spacial score (nSPS) is 13.6. The number of methoxy groups -OCH3 is 1. The highest BCUT2D eigenvalue weighted by Gasteiger charge is 2.17. The third-order valence-electron chi connectivity index (χ3n) is 5.09. The van der Waals surface area contributed by atoms with Crippen LogP contribution in [0, 0.1) is 0 Å². The average Bonchev–Trinajstić information content (AvgIpc) is 3.21. The van der Waals surface area contributed by atoms with Crippen molar-refractivity contribution in [1.29, 1.82) is 0 Å². The first kappa shape index (κ1) is 18.2. The highest BCUT2D eigenvalue weighted by Crippen LogP contribution is 2.23. The molecule has 0 saturated heterocycles. The molecule has 0 radical (unpaired) electrons. The van der Waals surface area contributed by atoms with Gasteiger partial charge in [-0.2, -0.15) is 5.10 Å². The van der Waals surface area contributed by atoms with Crippen LogP contribution >= 0.6 is 0 Å². The molecule has 0 spiro atoms. The molecule has 0 atom stereocenters. The molecule has 4 rings (SSSR count). The fraction of sp³-hybridized carbons (Fsp3) is 0.400. The molecule has 1 aliphatic heterocycles. The third-order valence-corrected chi connectivity index (χ3v) is 5.09. The fourth-order valence-corrected chi connectivity index (χ4v) is 3.54. The van der Waals surface area contributed by atoms with Gasteiger partial charge in [0.25, 0.3) is 5.91 Å². The number of nitrogens with one attached hydrogen (secondary N) is 1. The minimum Gasteiger partial charge on any atom is -0.497 e. The van der Waals surface area contributed by atoms with Crippen molar-refractivity contribution in [2.75, 3.05) is 7.11 Å². The minimum absolute atomic E-state index is 0.221. The largest absolute Gasteiger partial charge is 0.497 e. The van der Waals surface area contributed by atoms with E-state index in [4.69, 9.17) is 4.74 Å². The molecule has 0 fully saturated rings. The Bertz CT molecular complexity index is 973. The summed E-state index contributed by atoms with van der Waals surface area (Å²) in [6.07, 6.45) is 4.42. The van der Waals surface area contributed by atoms with Crippen LogP contribution < -0.4 is 10.1 Å². The first-order valence-electron chi connectivity index (χ1n) is 9.53. The van der Waals surface area contributed by atoms with E-state index < -0.39 is 0 Å². The second kappa shape index (κ2) is 7.84. The van der Waals surface area contributed by atoms with Crippen LogP contribution in [-0.4, -0.2) is 37.6 Å². The average molecular weight is 380 g/mol. The molecule has 0 aliphatic carbocycles. The summed E-state index contributed by atoms with van der Waals surface area (Å²) in [5, 5.41) is 15.8. The molecule has 3 heterocycles. The maximum atomic E-state index is 12.6. The Labute approximate surface area is 163 Å². The van der Waals surface area contributed by atoms with Crippen molar-refractivity contribution in [3.05, 3.63) is 47.7 Å². The molecule has 28 heavy (non-hydrogen) atoms. The number of hydrogen-bond acceptors (Lipinski definition) is 5. The Morgan fingerprint density at radius 3 is 2.79 bits per heavy atom. The Balaban J connectivity index is 1.46. The highest BCUT2D eigenvalue weighted by molar-refractivity contribution is 5.93. The van der Waals surface area contributed by atoms with E-state index in [1.807, 2.05) is 31.3 Å². The summed E-state index contributed by atoms with van der Waals surface area (Å²) in [5.41, 5.74) is 2.21. The van der Waals surface area contributed by atoms with Crippen LogP contribution in [0.4, 0.5) is 0 Å². The number of carbonyl (C=O) groups excluding carboxylic acids is 1. The SMILES string of the molecule is COc1ccc(-c2cc(C(=O)NCc3nnc4n3CCCCC4)nn2C)cc1. The van der Waals surface area contributed by atoms with E-state index in [1.165, 1.54) is 6.42 Å². The van der Waals surface area contributed by atoms with E-state index in [-0.39, 0.29) is 5.91 Å². The van der Waals surface area contributed by atoms with Crippen LogP contribution in [0.25, 0.3) is 11.3 Å². The number of rotatable bonds is 5. The molecule has 8 heteroatoms. The van der Waals surface area contributed by atoms with Gasteiger partial charge in [-0.3, -0.25) is 9.48 Å². The van der Waals surface area contributed by atoms with Gasteiger partial charge in [-0.05, 0) is 43.2 Å². The van der Waals surface area contributed by atoms with Gasteiger partial charge in [-0.15, -0.1) is 10.2 Å². The maximum Gasteiger partial charge on any atom is 0.272 e. The molecule has 0 saturated carbocycles. The standard InChI is InChI=1S/C20H24N6O2/c1-25-17(14-7-9-15(28-2)10-8-14)12-16(24-25)20(27)21-13-19-23-22-18-6-4-3-5-11-26(18)19/h7-10,12H,3-6,11,13H2,1-2H3,(H,21,27). The van der Waals surface area contributed by atoms with E-state index in [2.05, 4.69) is 25.2 Å². The number of aryl methyl sites for hydroxylation is 2. The second-order valence-electron chi connectivity index (χ2n) is 6.94. The monoisotopic (exact) mass is 380 g/mol. The zero-order chi connectivity index (χ0) is 19.5. The Morgan fingerprint density at radius 1 is 1.18 bits per heavy atom. The Morgan fingerprint density at radius 2 is 2.00 bits per heavy atom. The number of amides is 1. The van der Waals surface area contributed by atoms with Gasteiger partial charge in [0.1, 0.15) is 11.6 Å². The lowest BCUT2D eigenvalue weighted by Gasteiger charge is -2.07. The van der Waals surface area contributed by atoms with E-state index in [9.17, 15) is 4.79 Å². The van der Waals surface area contributed by atoms with Gasteiger partial charge in [0.2, 0.25) is 0 Å². The molecule has 1 aliphatic rings. The van der Waals surface area contributed by atoms with Gasteiger partial charge in [0.15, 0.2) is 11.5 Å². The molecule has 3 aromatic rings. The van der Waals surface area contributed by atoms with Crippen molar-refractivity contribution in [3.63, 3.8) is 0 Å². The van der Waals surface area contributed by atoms with Gasteiger partial charge >= 0.3 is 0 Å². The number of fused-ring (bicyclic) bond motifs is 1. The summed E-state index contributed by atoms with van der Waals surface area (Å²) in [6, 6.07) is 9.46. The molecule has 1 amide bonds. The molecule has 0 bridgehead atoms. The first-order valence-corrected chi connectivity index (χ1v) is 9.53. The molecule has 1 aromatic carbocycles. The summed E-state index contributed by atoms with van der Waals surface area (Å²) < 4.78 is 9.04. The highest BCUT2D eigenvalue weighted by atomic mass is 16.5. The lowest BCUT2D eigenvalue weighted by Crippen LogP contribution is -2.25. The molecule has 0 unspecified atom stereocenters. The molecule has 2 aromatic heterocycles. The van der Waals surface area contributed by atoms with E-state index in [1.54, 1.807) is 17.9 Å². The smallest absolute Gasteiger partial charge is 0.272 e.